The molecule has 0 bridgehead atoms. The van der Waals surface area contributed by atoms with E-state index >= 15 is 0 Å². The van der Waals surface area contributed by atoms with Crippen LogP contribution in [-0.2, 0) is 16.6 Å². The molecule has 0 spiro atoms. The van der Waals surface area contributed by atoms with E-state index in [1.54, 1.807) is 18.2 Å². The molecule has 0 aliphatic carbocycles. The second-order valence-corrected chi connectivity index (χ2v) is 6.91. The number of rotatable bonds is 5. The Hall–Kier alpha value is -1.85. The van der Waals surface area contributed by atoms with Crippen LogP contribution in [-0.4, -0.2) is 15.5 Å². The van der Waals surface area contributed by atoms with Crippen molar-refractivity contribution in [2.24, 2.45) is 0 Å². The first kappa shape index (κ1) is 15.5. The topological polar surface area (TPSA) is 58.2 Å². The normalized spacial score (nSPS) is 11.4. The van der Waals surface area contributed by atoms with Crippen molar-refractivity contribution in [1.82, 2.24) is 4.72 Å². The summed E-state index contributed by atoms with van der Waals surface area (Å²) in [5.74, 6) is 0. The maximum absolute atomic E-state index is 12.0. The SMILES string of the molecule is CNS(=O)(=O)c1ccccc1NCc1cc(C)cc(C)c1. The molecule has 112 valence electrons. The zero-order valence-corrected chi connectivity index (χ0v) is 13.3. The third-order valence-corrected chi connectivity index (χ3v) is 4.68. The molecule has 21 heavy (non-hydrogen) atoms. The van der Waals surface area contributed by atoms with E-state index in [0.717, 1.165) is 5.56 Å². The summed E-state index contributed by atoms with van der Waals surface area (Å²) in [6, 6.07) is 13.2. The van der Waals surface area contributed by atoms with Crippen molar-refractivity contribution in [3.63, 3.8) is 0 Å². The van der Waals surface area contributed by atoms with Gasteiger partial charge >= 0.3 is 0 Å². The average Bonchev–Trinajstić information content (AvgIpc) is 2.44. The largest absolute Gasteiger partial charge is 0.380 e. The highest BCUT2D eigenvalue weighted by Crippen LogP contribution is 2.21. The van der Waals surface area contributed by atoms with E-state index in [9.17, 15) is 8.42 Å². The van der Waals surface area contributed by atoms with E-state index in [1.165, 1.54) is 18.2 Å². The fraction of sp³-hybridized carbons (Fsp3) is 0.250. The maximum Gasteiger partial charge on any atom is 0.242 e. The Labute approximate surface area is 126 Å². The van der Waals surface area contributed by atoms with Crippen LogP contribution in [0.4, 0.5) is 5.69 Å². The average molecular weight is 304 g/mol. The van der Waals surface area contributed by atoms with Crippen molar-refractivity contribution >= 4 is 15.7 Å². The lowest BCUT2D eigenvalue weighted by atomic mass is 10.1. The minimum atomic E-state index is -3.46. The predicted octanol–water partition coefficient (Wildman–Crippen LogP) is 2.82. The third-order valence-electron chi connectivity index (χ3n) is 3.21. The van der Waals surface area contributed by atoms with Crippen molar-refractivity contribution in [3.05, 3.63) is 59.2 Å². The summed E-state index contributed by atoms with van der Waals surface area (Å²) in [6.07, 6.45) is 0. The molecule has 0 fully saturated rings. The van der Waals surface area contributed by atoms with Crippen molar-refractivity contribution in [2.75, 3.05) is 12.4 Å². The van der Waals surface area contributed by atoms with Crippen LogP contribution >= 0.6 is 0 Å². The highest BCUT2D eigenvalue weighted by molar-refractivity contribution is 7.89. The van der Waals surface area contributed by atoms with Gasteiger partial charge in [-0.2, -0.15) is 0 Å². The highest BCUT2D eigenvalue weighted by atomic mass is 32.2. The van der Waals surface area contributed by atoms with Gasteiger partial charge in [-0.15, -0.1) is 0 Å². The molecule has 0 amide bonds. The van der Waals surface area contributed by atoms with Gasteiger partial charge in [0, 0.05) is 6.54 Å². The first-order chi connectivity index (χ1) is 9.92. The fourth-order valence-electron chi connectivity index (χ4n) is 2.33. The van der Waals surface area contributed by atoms with E-state index in [1.807, 2.05) is 6.07 Å². The molecule has 0 heterocycles. The van der Waals surface area contributed by atoms with E-state index in [2.05, 4.69) is 42.1 Å². The summed E-state index contributed by atoms with van der Waals surface area (Å²) in [7, 11) is -2.05. The molecule has 0 saturated heterocycles. The summed E-state index contributed by atoms with van der Waals surface area (Å²) in [6.45, 7) is 4.69. The number of anilines is 1. The molecule has 2 N–H and O–H groups in total. The van der Waals surface area contributed by atoms with Crippen LogP contribution in [0.3, 0.4) is 0 Å². The number of sulfonamides is 1. The fourth-order valence-corrected chi connectivity index (χ4v) is 3.23. The van der Waals surface area contributed by atoms with Crippen LogP contribution in [0.15, 0.2) is 47.4 Å². The molecule has 2 rings (SSSR count). The lowest BCUT2D eigenvalue weighted by Crippen LogP contribution is -2.20. The first-order valence-electron chi connectivity index (χ1n) is 6.76. The van der Waals surface area contributed by atoms with Gasteiger partial charge in [-0.05, 0) is 38.6 Å². The lowest BCUT2D eigenvalue weighted by Gasteiger charge is -2.12. The number of hydrogen-bond acceptors (Lipinski definition) is 3. The molecule has 2 aromatic rings. The summed E-state index contributed by atoms with van der Waals surface area (Å²) >= 11 is 0. The van der Waals surface area contributed by atoms with Crippen molar-refractivity contribution < 1.29 is 8.42 Å². The Bertz CT molecular complexity index is 719. The standard InChI is InChI=1S/C16H20N2O2S/c1-12-8-13(2)10-14(9-12)11-18-15-6-4-5-7-16(15)21(19,20)17-3/h4-10,17-18H,11H2,1-3H3. The van der Waals surface area contributed by atoms with E-state index in [4.69, 9.17) is 0 Å². The van der Waals surface area contributed by atoms with Crippen molar-refractivity contribution in [1.29, 1.82) is 0 Å². The van der Waals surface area contributed by atoms with Gasteiger partial charge in [-0.3, -0.25) is 0 Å². The summed E-state index contributed by atoms with van der Waals surface area (Å²) in [4.78, 5) is 0.261. The van der Waals surface area contributed by atoms with Gasteiger partial charge in [0.1, 0.15) is 4.90 Å². The molecule has 0 aromatic heterocycles. The van der Waals surface area contributed by atoms with Crippen LogP contribution in [0.5, 0.6) is 0 Å². The van der Waals surface area contributed by atoms with Crippen LogP contribution in [0.1, 0.15) is 16.7 Å². The molecule has 4 nitrogen and oxygen atoms in total. The number of para-hydroxylation sites is 1. The molecule has 0 aliphatic rings. The predicted molar refractivity (Wildman–Crippen MR) is 85.9 cm³/mol. The summed E-state index contributed by atoms with van der Waals surface area (Å²) in [5, 5.41) is 3.21. The van der Waals surface area contributed by atoms with Crippen LogP contribution in [0, 0.1) is 13.8 Å². The molecule has 0 radical (unpaired) electrons. The van der Waals surface area contributed by atoms with Gasteiger partial charge in [0.05, 0.1) is 5.69 Å². The first-order valence-corrected chi connectivity index (χ1v) is 8.24. The molecular formula is C16H20N2O2S. The van der Waals surface area contributed by atoms with Crippen LogP contribution in [0.25, 0.3) is 0 Å². The molecular weight excluding hydrogens is 284 g/mol. The van der Waals surface area contributed by atoms with Gasteiger partial charge < -0.3 is 5.32 Å². The maximum atomic E-state index is 12.0. The van der Waals surface area contributed by atoms with E-state index in [-0.39, 0.29) is 4.90 Å². The lowest BCUT2D eigenvalue weighted by molar-refractivity contribution is 0.588. The Morgan fingerprint density at radius 2 is 1.62 bits per heavy atom. The number of aryl methyl sites for hydroxylation is 2. The van der Waals surface area contributed by atoms with E-state index in [0.29, 0.717) is 12.2 Å². The molecule has 5 heteroatoms. The Kier molecular flexibility index (Phi) is 4.65. The number of benzene rings is 2. The zero-order valence-electron chi connectivity index (χ0n) is 12.5. The van der Waals surface area contributed by atoms with Crippen LogP contribution in [0.2, 0.25) is 0 Å². The van der Waals surface area contributed by atoms with E-state index < -0.39 is 10.0 Å². The Morgan fingerprint density at radius 3 is 2.24 bits per heavy atom. The quantitative estimate of drug-likeness (QED) is 0.893. The molecule has 0 atom stereocenters. The zero-order chi connectivity index (χ0) is 15.5. The smallest absolute Gasteiger partial charge is 0.242 e. The monoisotopic (exact) mass is 304 g/mol. The van der Waals surface area contributed by atoms with Gasteiger partial charge in [-0.25, -0.2) is 13.1 Å². The summed E-state index contributed by atoms with van der Waals surface area (Å²) in [5.41, 5.74) is 4.13. The Morgan fingerprint density at radius 1 is 1.00 bits per heavy atom. The molecule has 0 saturated carbocycles. The van der Waals surface area contributed by atoms with Gasteiger partial charge in [0.25, 0.3) is 0 Å². The molecule has 0 aliphatic heterocycles. The van der Waals surface area contributed by atoms with Crippen molar-refractivity contribution in [3.8, 4) is 0 Å². The second kappa shape index (κ2) is 6.28. The minimum absolute atomic E-state index is 0.261. The second-order valence-electron chi connectivity index (χ2n) is 5.05. The number of hydrogen-bond donors (Lipinski definition) is 2. The van der Waals surface area contributed by atoms with Gasteiger partial charge in [0.2, 0.25) is 10.0 Å². The summed E-state index contributed by atoms with van der Waals surface area (Å²) < 4.78 is 26.3. The van der Waals surface area contributed by atoms with Gasteiger partial charge in [0.15, 0.2) is 0 Å². The van der Waals surface area contributed by atoms with Crippen molar-refractivity contribution in [2.45, 2.75) is 25.3 Å². The molecule has 2 aromatic carbocycles. The third kappa shape index (κ3) is 3.83. The Balaban J connectivity index is 2.25. The number of nitrogens with one attached hydrogen (secondary N) is 2. The highest BCUT2D eigenvalue weighted by Gasteiger charge is 2.15. The van der Waals surface area contributed by atoms with Crippen LogP contribution < -0.4 is 10.0 Å². The van der Waals surface area contributed by atoms with Gasteiger partial charge in [-0.1, -0.05) is 41.5 Å². The minimum Gasteiger partial charge on any atom is -0.380 e. The molecule has 0 unspecified atom stereocenters.